The van der Waals surface area contributed by atoms with Crippen LogP contribution in [0.4, 0.5) is 0 Å². The predicted octanol–water partition coefficient (Wildman–Crippen LogP) is 2.06. The molecule has 16 heavy (non-hydrogen) atoms. The highest BCUT2D eigenvalue weighted by Gasteiger charge is 2.23. The second-order valence-corrected chi connectivity index (χ2v) is 4.17. The first kappa shape index (κ1) is 12.7. The van der Waals surface area contributed by atoms with Gasteiger partial charge in [-0.3, -0.25) is 4.79 Å². The van der Waals surface area contributed by atoms with E-state index in [1.807, 2.05) is 38.1 Å². The van der Waals surface area contributed by atoms with Crippen LogP contribution in [0.1, 0.15) is 31.4 Å². The summed E-state index contributed by atoms with van der Waals surface area (Å²) in [6, 6.07) is 7.67. The minimum Gasteiger partial charge on any atom is -0.461 e. The molecule has 0 unspecified atom stereocenters. The molecular formula is C13H18O3. The van der Waals surface area contributed by atoms with Crippen molar-refractivity contribution in [2.24, 2.45) is 0 Å². The lowest BCUT2D eigenvalue weighted by Crippen LogP contribution is -2.30. The van der Waals surface area contributed by atoms with E-state index in [1.54, 1.807) is 0 Å². The molecule has 0 fully saturated rings. The topological polar surface area (TPSA) is 46.5 Å². The molecule has 0 saturated carbocycles. The fraction of sp³-hybridized carbons (Fsp3) is 0.462. The van der Waals surface area contributed by atoms with Gasteiger partial charge in [-0.1, -0.05) is 31.2 Å². The summed E-state index contributed by atoms with van der Waals surface area (Å²) in [5.74, 6) is 0. The molecule has 0 aliphatic rings. The predicted molar refractivity (Wildman–Crippen MR) is 61.9 cm³/mol. The van der Waals surface area contributed by atoms with E-state index >= 15 is 0 Å². The molecule has 1 atom stereocenters. The van der Waals surface area contributed by atoms with Crippen LogP contribution in [-0.4, -0.2) is 17.2 Å². The molecule has 1 aromatic rings. The second-order valence-electron chi connectivity index (χ2n) is 4.17. The third-order valence-electron chi connectivity index (χ3n) is 2.86. The third-order valence-corrected chi connectivity index (χ3v) is 2.86. The fourth-order valence-electron chi connectivity index (χ4n) is 1.56. The van der Waals surface area contributed by atoms with Gasteiger partial charge in [-0.2, -0.15) is 0 Å². The van der Waals surface area contributed by atoms with Crippen LogP contribution in [0, 0.1) is 0 Å². The number of ether oxygens (including phenoxy) is 1. The van der Waals surface area contributed by atoms with E-state index in [9.17, 15) is 4.79 Å². The Hall–Kier alpha value is -1.35. The Morgan fingerprint density at radius 3 is 2.31 bits per heavy atom. The number of aliphatic hydroxyl groups excluding tert-OH is 1. The van der Waals surface area contributed by atoms with Gasteiger partial charge in [-0.05, 0) is 24.5 Å². The first-order valence-electron chi connectivity index (χ1n) is 5.43. The van der Waals surface area contributed by atoms with Crippen molar-refractivity contribution in [3.8, 4) is 0 Å². The Bertz CT molecular complexity index is 332. The average molecular weight is 222 g/mol. The molecule has 0 saturated heterocycles. The second kappa shape index (κ2) is 5.66. The molecule has 0 aliphatic heterocycles. The molecule has 0 heterocycles. The van der Waals surface area contributed by atoms with E-state index in [2.05, 4.69) is 0 Å². The van der Waals surface area contributed by atoms with E-state index in [-0.39, 0.29) is 6.61 Å². The molecule has 88 valence electrons. The molecule has 0 amide bonds. The summed E-state index contributed by atoms with van der Waals surface area (Å²) < 4.78 is 5.11. The third kappa shape index (κ3) is 3.35. The van der Waals surface area contributed by atoms with E-state index in [1.165, 1.54) is 0 Å². The fourth-order valence-corrected chi connectivity index (χ4v) is 1.56. The van der Waals surface area contributed by atoms with Gasteiger partial charge in [0, 0.05) is 6.42 Å². The van der Waals surface area contributed by atoms with E-state index in [0.29, 0.717) is 12.9 Å². The standard InChI is InChI=1S/C13H18O3/c1-3-13(2,16-10-15)8-11-4-6-12(9-14)7-5-11/h4-7,10,14H,3,8-9H2,1-2H3/t13-/m0/s1. The van der Waals surface area contributed by atoms with Gasteiger partial charge in [-0.15, -0.1) is 0 Å². The number of hydrogen-bond acceptors (Lipinski definition) is 3. The zero-order valence-electron chi connectivity index (χ0n) is 9.77. The van der Waals surface area contributed by atoms with Gasteiger partial charge in [0.1, 0.15) is 5.60 Å². The lowest BCUT2D eigenvalue weighted by atomic mass is 9.93. The molecule has 0 aliphatic carbocycles. The van der Waals surface area contributed by atoms with Crippen LogP contribution >= 0.6 is 0 Å². The molecule has 3 nitrogen and oxygen atoms in total. The summed E-state index contributed by atoms with van der Waals surface area (Å²) in [7, 11) is 0. The van der Waals surface area contributed by atoms with Gasteiger partial charge < -0.3 is 9.84 Å². The van der Waals surface area contributed by atoms with Crippen LogP contribution < -0.4 is 0 Å². The maximum absolute atomic E-state index is 10.4. The van der Waals surface area contributed by atoms with Crippen LogP contribution in [-0.2, 0) is 22.6 Å². The monoisotopic (exact) mass is 222 g/mol. The summed E-state index contributed by atoms with van der Waals surface area (Å²) in [6.45, 7) is 4.47. The average Bonchev–Trinajstić information content (AvgIpc) is 2.30. The largest absolute Gasteiger partial charge is 0.461 e. The van der Waals surface area contributed by atoms with E-state index in [4.69, 9.17) is 9.84 Å². The van der Waals surface area contributed by atoms with Crippen LogP contribution in [0.15, 0.2) is 24.3 Å². The first-order valence-corrected chi connectivity index (χ1v) is 5.43. The van der Waals surface area contributed by atoms with Gasteiger partial charge in [0.05, 0.1) is 6.61 Å². The minimum absolute atomic E-state index is 0.0517. The summed E-state index contributed by atoms with van der Waals surface area (Å²) in [6.07, 6.45) is 1.46. The highest BCUT2D eigenvalue weighted by atomic mass is 16.5. The van der Waals surface area contributed by atoms with Crippen LogP contribution in [0.5, 0.6) is 0 Å². The van der Waals surface area contributed by atoms with Gasteiger partial charge in [0.15, 0.2) is 0 Å². The maximum Gasteiger partial charge on any atom is 0.293 e. The number of aliphatic hydroxyl groups is 1. The van der Waals surface area contributed by atoms with Gasteiger partial charge in [0.25, 0.3) is 6.47 Å². The molecule has 3 heteroatoms. The molecule has 1 N–H and O–H groups in total. The zero-order chi connectivity index (χ0) is 12.0. The number of benzene rings is 1. The SMILES string of the molecule is CC[C@@](C)(Cc1ccc(CO)cc1)OC=O. The number of carbonyl (C=O) groups is 1. The van der Waals surface area contributed by atoms with Gasteiger partial charge in [0.2, 0.25) is 0 Å². The maximum atomic E-state index is 10.4. The lowest BCUT2D eigenvalue weighted by Gasteiger charge is -2.26. The summed E-state index contributed by atoms with van der Waals surface area (Å²) in [5, 5.41) is 8.92. The summed E-state index contributed by atoms with van der Waals surface area (Å²) >= 11 is 0. The van der Waals surface area contributed by atoms with Crippen LogP contribution in [0.2, 0.25) is 0 Å². The number of hydrogen-bond donors (Lipinski definition) is 1. The summed E-state index contributed by atoms with van der Waals surface area (Å²) in [4.78, 5) is 10.4. The Labute approximate surface area is 96.1 Å². The number of carbonyl (C=O) groups excluding carboxylic acids is 1. The smallest absolute Gasteiger partial charge is 0.293 e. The molecule has 0 radical (unpaired) electrons. The Morgan fingerprint density at radius 1 is 1.31 bits per heavy atom. The van der Waals surface area contributed by atoms with Crippen molar-refractivity contribution in [1.29, 1.82) is 0 Å². The van der Waals surface area contributed by atoms with Crippen molar-refractivity contribution in [3.05, 3.63) is 35.4 Å². The van der Waals surface area contributed by atoms with Gasteiger partial charge in [-0.25, -0.2) is 0 Å². The highest BCUT2D eigenvalue weighted by molar-refractivity contribution is 5.38. The molecule has 1 aromatic carbocycles. The van der Waals surface area contributed by atoms with Crippen molar-refractivity contribution in [2.45, 2.75) is 38.9 Å². The lowest BCUT2D eigenvalue weighted by molar-refractivity contribution is -0.142. The van der Waals surface area contributed by atoms with Gasteiger partial charge >= 0.3 is 0 Å². The van der Waals surface area contributed by atoms with Crippen molar-refractivity contribution in [2.75, 3.05) is 0 Å². The molecule has 1 rings (SSSR count). The van der Waals surface area contributed by atoms with Crippen LogP contribution in [0.25, 0.3) is 0 Å². The quantitative estimate of drug-likeness (QED) is 0.749. The van der Waals surface area contributed by atoms with Crippen molar-refractivity contribution < 1.29 is 14.6 Å². The van der Waals surface area contributed by atoms with Crippen LogP contribution in [0.3, 0.4) is 0 Å². The minimum atomic E-state index is -0.442. The Morgan fingerprint density at radius 2 is 1.88 bits per heavy atom. The normalized spacial score (nSPS) is 14.2. The Balaban J connectivity index is 2.73. The van der Waals surface area contributed by atoms with E-state index in [0.717, 1.165) is 17.5 Å². The molecular weight excluding hydrogens is 204 g/mol. The molecule has 0 spiro atoms. The molecule has 0 bridgehead atoms. The summed E-state index contributed by atoms with van der Waals surface area (Å²) in [5.41, 5.74) is 1.55. The van der Waals surface area contributed by atoms with Crippen molar-refractivity contribution >= 4 is 6.47 Å². The number of rotatable bonds is 6. The van der Waals surface area contributed by atoms with Crippen molar-refractivity contribution in [3.63, 3.8) is 0 Å². The van der Waals surface area contributed by atoms with E-state index < -0.39 is 5.60 Å². The first-order chi connectivity index (χ1) is 7.63. The van der Waals surface area contributed by atoms with Crippen molar-refractivity contribution in [1.82, 2.24) is 0 Å². The zero-order valence-corrected chi connectivity index (χ0v) is 9.77. The Kier molecular flexibility index (Phi) is 4.50. The highest BCUT2D eigenvalue weighted by Crippen LogP contribution is 2.20. The molecule has 0 aromatic heterocycles.